The molecule has 0 bridgehead atoms. The molecule has 4 N–H and O–H groups in total. The molecule has 4 atom stereocenters. The number of piperazine rings is 1. The summed E-state index contributed by atoms with van der Waals surface area (Å²) in [6, 6.07) is 6.97. The number of morpholine rings is 1. The highest BCUT2D eigenvalue weighted by atomic mass is 32.1. The first-order chi connectivity index (χ1) is 30.0. The van der Waals surface area contributed by atoms with E-state index in [-0.39, 0.29) is 19.1 Å². The fourth-order valence-corrected chi connectivity index (χ4v) is 9.70. The van der Waals surface area contributed by atoms with Gasteiger partial charge in [0.1, 0.15) is 17.7 Å². The van der Waals surface area contributed by atoms with E-state index in [0.29, 0.717) is 49.1 Å². The third-order valence-electron chi connectivity index (χ3n) is 12.2. The van der Waals surface area contributed by atoms with Gasteiger partial charge in [0, 0.05) is 86.8 Å². The number of alkyl carbamates (subject to hydrolysis) is 1. The number of hydrogen-bond donors (Lipinski definition) is 4. The zero-order valence-electron chi connectivity index (χ0n) is 37.9. The molecule has 2 unspecified atom stereocenters. The second-order valence-electron chi connectivity index (χ2n) is 18.7. The minimum atomic E-state index is -1.07. The van der Waals surface area contributed by atoms with E-state index < -0.39 is 41.1 Å². The van der Waals surface area contributed by atoms with Crippen molar-refractivity contribution >= 4 is 45.9 Å². The predicted molar refractivity (Wildman–Crippen MR) is 243 cm³/mol. The number of hydrogen-bond acceptors (Lipinski definition) is 13. The normalized spacial score (nSPS) is 19.8. The van der Waals surface area contributed by atoms with Crippen LogP contribution in [0.1, 0.15) is 83.7 Å². The number of aliphatic hydroxyl groups is 1. The van der Waals surface area contributed by atoms with Crippen molar-refractivity contribution in [2.24, 2.45) is 5.41 Å². The number of nitrogens with zero attached hydrogens (tertiary/aromatic N) is 6. The van der Waals surface area contributed by atoms with Gasteiger partial charge in [0.15, 0.2) is 0 Å². The lowest BCUT2D eigenvalue weighted by atomic mass is 9.84. The third kappa shape index (κ3) is 10.5. The van der Waals surface area contributed by atoms with Gasteiger partial charge in [-0.25, -0.2) is 15.2 Å². The Hall–Kier alpha value is -4.65. The van der Waals surface area contributed by atoms with Crippen LogP contribution in [0.4, 0.5) is 10.5 Å². The minimum Gasteiger partial charge on any atom is -0.480 e. The van der Waals surface area contributed by atoms with Crippen LogP contribution in [0.25, 0.3) is 33.4 Å². The number of rotatable bonds is 14. The van der Waals surface area contributed by atoms with Crippen LogP contribution >= 0.6 is 11.3 Å². The van der Waals surface area contributed by atoms with Crippen molar-refractivity contribution in [2.75, 3.05) is 64.6 Å². The molecule has 342 valence electrons. The van der Waals surface area contributed by atoms with Crippen LogP contribution in [-0.2, 0) is 43.2 Å². The van der Waals surface area contributed by atoms with Gasteiger partial charge in [-0.1, -0.05) is 19.9 Å². The molecule has 2 amide bonds. The number of aromatic nitrogens is 3. The topological polar surface area (TPSA) is 184 Å². The average Bonchev–Trinajstić information content (AvgIpc) is 3.86. The number of methoxy groups -OCH3 is 1. The number of fused-ring (bicyclic) bond motifs is 2. The number of aliphatic hydroxyl groups excluding tert-OH is 1. The number of carboxylic acid groups (broad SMARTS) is 1. The summed E-state index contributed by atoms with van der Waals surface area (Å²) in [5.74, 6) is -1.52. The molecule has 3 fully saturated rings. The van der Waals surface area contributed by atoms with Gasteiger partial charge in [0.25, 0.3) is 5.91 Å². The third-order valence-corrected chi connectivity index (χ3v) is 13.1. The fraction of sp³-hybridized carbons (Fsp3) is 0.587. The van der Waals surface area contributed by atoms with Crippen molar-refractivity contribution in [3.63, 3.8) is 0 Å². The lowest BCUT2D eigenvalue weighted by Gasteiger charge is -2.44. The minimum absolute atomic E-state index is 0.00510. The molecule has 16 nitrogen and oxygen atoms in total. The van der Waals surface area contributed by atoms with Crippen LogP contribution in [-0.4, -0.2) is 136 Å². The SMILES string of the molecule is CCn1c(-c2cc(N3CCN4CCOC[C@@H]4C3)cnc2C(C)OC)c(CC(C)(C)CO)c2cc(-c3csc(CC(NC(=O)OC(C)(C)C)C(=O)N4CCC[C@@H](C(=O)O)N4)n3)ccc21. The summed E-state index contributed by atoms with van der Waals surface area (Å²) in [6.45, 7) is 19.7. The Morgan fingerprint density at radius 1 is 1.11 bits per heavy atom. The quantitative estimate of drug-likeness (QED) is 0.122. The number of benzene rings is 1. The maximum absolute atomic E-state index is 13.9. The molecule has 63 heavy (non-hydrogen) atoms. The van der Waals surface area contributed by atoms with E-state index in [0.717, 1.165) is 84.1 Å². The molecule has 7 rings (SSSR count). The van der Waals surface area contributed by atoms with Crippen molar-refractivity contribution in [3.05, 3.63) is 52.1 Å². The summed E-state index contributed by atoms with van der Waals surface area (Å²) in [5.41, 5.74) is 9.24. The first kappa shape index (κ1) is 46.3. The Bertz CT molecular complexity index is 2290. The number of carboxylic acids is 1. The molecule has 17 heteroatoms. The Labute approximate surface area is 373 Å². The summed E-state index contributed by atoms with van der Waals surface area (Å²) in [4.78, 5) is 53.8. The van der Waals surface area contributed by atoms with Crippen LogP contribution in [0.15, 0.2) is 35.8 Å². The maximum atomic E-state index is 13.9. The van der Waals surface area contributed by atoms with E-state index in [1.165, 1.54) is 16.3 Å². The number of hydrazine groups is 1. The summed E-state index contributed by atoms with van der Waals surface area (Å²) in [6.07, 6.45) is 2.47. The Morgan fingerprint density at radius 2 is 1.90 bits per heavy atom. The molecule has 0 aliphatic carbocycles. The summed E-state index contributed by atoms with van der Waals surface area (Å²) in [7, 11) is 1.71. The van der Waals surface area contributed by atoms with Gasteiger partial charge < -0.3 is 39.2 Å². The number of aliphatic carboxylic acids is 1. The van der Waals surface area contributed by atoms with Crippen molar-refractivity contribution < 1.29 is 38.8 Å². The number of carbonyl (C=O) groups excluding carboxylic acids is 2. The standard InChI is InChI=1S/C46H64N8O8S/c1-9-53-38-13-12-29(37-26-63-39(48-37)21-36(49-44(59)62-45(3,4)5)42(56)54-14-10-11-35(50-54)43(57)58)19-32(38)34(22-46(6,7)27-55)41(53)33-20-30(23-47-40(33)28(2)60-8)52-16-15-51-17-18-61-25-31(51)24-52/h12-13,19-20,23,26,28,31,35-36,50,55H,9-11,14-18,21-22,24-25,27H2,1-8H3,(H,49,59)(H,57,58)/t28?,31-,35-,36?/m0/s1. The molecule has 3 aliphatic rings. The molecular formula is C46H64N8O8S. The molecule has 6 heterocycles. The van der Waals surface area contributed by atoms with Gasteiger partial charge >= 0.3 is 12.1 Å². The molecule has 4 aromatic rings. The fourth-order valence-electron chi connectivity index (χ4n) is 8.85. The first-order valence-electron chi connectivity index (χ1n) is 22.1. The highest BCUT2D eigenvalue weighted by Gasteiger charge is 2.35. The number of ether oxygens (including phenoxy) is 3. The van der Waals surface area contributed by atoms with Crippen molar-refractivity contribution in [2.45, 2.75) is 111 Å². The van der Waals surface area contributed by atoms with Gasteiger partial charge in [-0.3, -0.25) is 24.5 Å². The van der Waals surface area contributed by atoms with E-state index in [1.807, 2.05) is 18.5 Å². The molecule has 0 saturated carbocycles. The maximum Gasteiger partial charge on any atom is 0.408 e. The van der Waals surface area contributed by atoms with E-state index in [1.54, 1.807) is 27.9 Å². The summed E-state index contributed by atoms with van der Waals surface area (Å²) in [5, 5.41) is 27.9. The van der Waals surface area contributed by atoms with E-state index >= 15 is 0 Å². The van der Waals surface area contributed by atoms with Crippen LogP contribution in [0.2, 0.25) is 0 Å². The van der Waals surface area contributed by atoms with Gasteiger partial charge in [-0.15, -0.1) is 11.3 Å². The average molecular weight is 889 g/mol. The number of pyridine rings is 1. The molecule has 3 aromatic heterocycles. The van der Waals surface area contributed by atoms with Crippen molar-refractivity contribution in [1.82, 2.24) is 35.2 Å². The largest absolute Gasteiger partial charge is 0.480 e. The van der Waals surface area contributed by atoms with Crippen LogP contribution in [0.5, 0.6) is 0 Å². The molecule has 3 saturated heterocycles. The Morgan fingerprint density at radius 3 is 2.62 bits per heavy atom. The Kier molecular flexibility index (Phi) is 14.1. The highest BCUT2D eigenvalue weighted by molar-refractivity contribution is 7.10. The monoisotopic (exact) mass is 888 g/mol. The zero-order chi connectivity index (χ0) is 45.2. The molecule has 0 spiro atoms. The number of thiazole rings is 1. The molecular weight excluding hydrogens is 825 g/mol. The van der Waals surface area contributed by atoms with Gasteiger partial charge in [0.2, 0.25) is 0 Å². The van der Waals surface area contributed by atoms with Gasteiger partial charge in [-0.2, -0.15) is 0 Å². The van der Waals surface area contributed by atoms with Crippen molar-refractivity contribution in [3.8, 4) is 22.5 Å². The smallest absolute Gasteiger partial charge is 0.408 e. The Balaban J connectivity index is 1.27. The first-order valence-corrected chi connectivity index (χ1v) is 23.0. The van der Waals surface area contributed by atoms with E-state index in [2.05, 4.69) is 70.1 Å². The van der Waals surface area contributed by atoms with Crippen LogP contribution in [0, 0.1) is 5.41 Å². The van der Waals surface area contributed by atoms with Gasteiger partial charge in [0.05, 0.1) is 59.3 Å². The number of nitrogens with one attached hydrogen (secondary N) is 2. The van der Waals surface area contributed by atoms with Gasteiger partial charge in [-0.05, 0) is 83.1 Å². The second kappa shape index (κ2) is 19.2. The zero-order valence-corrected chi connectivity index (χ0v) is 38.7. The highest BCUT2D eigenvalue weighted by Crippen LogP contribution is 2.43. The summed E-state index contributed by atoms with van der Waals surface area (Å²) >= 11 is 1.38. The van der Waals surface area contributed by atoms with Crippen LogP contribution < -0.4 is 15.6 Å². The molecule has 3 aliphatic heterocycles. The predicted octanol–water partition coefficient (Wildman–Crippen LogP) is 5.65. The lowest BCUT2D eigenvalue weighted by Crippen LogP contribution is -2.60. The van der Waals surface area contributed by atoms with Crippen LogP contribution in [0.3, 0.4) is 0 Å². The molecule has 1 aromatic carbocycles. The molecule has 0 radical (unpaired) electrons. The van der Waals surface area contributed by atoms with E-state index in [9.17, 15) is 24.6 Å². The lowest BCUT2D eigenvalue weighted by molar-refractivity contribution is -0.147. The summed E-state index contributed by atoms with van der Waals surface area (Å²) < 4.78 is 19.7. The number of amides is 2. The van der Waals surface area contributed by atoms with Crippen molar-refractivity contribution in [1.29, 1.82) is 0 Å². The second-order valence-corrected chi connectivity index (χ2v) is 19.6. The number of anilines is 1. The number of carbonyl (C=O) groups is 3. The number of aryl methyl sites for hydroxylation is 1. The van der Waals surface area contributed by atoms with E-state index in [4.69, 9.17) is 24.2 Å².